The second-order valence-corrected chi connectivity index (χ2v) is 5.92. The summed E-state index contributed by atoms with van der Waals surface area (Å²) in [7, 11) is 0. The van der Waals surface area contributed by atoms with Crippen LogP contribution in [0, 0.1) is 0 Å². The van der Waals surface area contributed by atoms with E-state index in [1.807, 2.05) is 42.5 Å². The lowest BCUT2D eigenvalue weighted by atomic mass is 10.2. The molecule has 2 aromatic heterocycles. The van der Waals surface area contributed by atoms with Gasteiger partial charge in [-0.05, 0) is 24.3 Å². The molecule has 2 heterocycles. The van der Waals surface area contributed by atoms with E-state index in [0.717, 1.165) is 15.4 Å². The smallest absolute Gasteiger partial charge is 0.347 e. The number of rotatable bonds is 2. The van der Waals surface area contributed by atoms with E-state index in [9.17, 15) is 4.79 Å². The molecule has 4 rings (SSSR count). The van der Waals surface area contributed by atoms with Crippen LogP contribution in [0.5, 0.6) is 0 Å². The molecule has 2 aromatic carbocycles. The molecule has 5 nitrogen and oxygen atoms in total. The fourth-order valence-corrected chi connectivity index (χ4v) is 2.60. The number of hydrogen-bond acceptors (Lipinski definition) is 4. The van der Waals surface area contributed by atoms with Crippen LogP contribution >= 0.6 is 15.9 Å². The van der Waals surface area contributed by atoms with Gasteiger partial charge in [-0.15, -0.1) is 0 Å². The van der Waals surface area contributed by atoms with Gasteiger partial charge in [-0.25, -0.2) is 9.78 Å². The Morgan fingerprint density at radius 1 is 1.04 bits per heavy atom. The van der Waals surface area contributed by atoms with Crippen LogP contribution in [0.2, 0.25) is 0 Å². The van der Waals surface area contributed by atoms with Crippen LogP contribution in [0.1, 0.15) is 0 Å². The molecule has 0 saturated heterocycles. The molecule has 0 aliphatic heterocycles. The summed E-state index contributed by atoms with van der Waals surface area (Å²) in [5.41, 5.74) is 1.33. The highest BCUT2D eigenvalue weighted by atomic mass is 79.9. The Balaban J connectivity index is 1.81. The Kier molecular flexibility index (Phi) is 3.31. The van der Waals surface area contributed by atoms with Crippen molar-refractivity contribution in [2.24, 2.45) is 0 Å². The normalized spacial score (nSPS) is 11.0. The molecule has 0 fully saturated rings. The largest absolute Gasteiger partial charge is 0.422 e. The van der Waals surface area contributed by atoms with E-state index >= 15 is 0 Å². The number of H-pyrrole nitrogens is 1. The molecule has 0 atom stereocenters. The molecular weight excluding hydrogens is 358 g/mol. The minimum atomic E-state index is -0.442. The lowest BCUT2D eigenvalue weighted by Crippen LogP contribution is -2.03. The van der Waals surface area contributed by atoms with Crippen LogP contribution in [0.25, 0.3) is 33.7 Å². The molecule has 4 aromatic rings. The van der Waals surface area contributed by atoms with Crippen LogP contribution in [0.3, 0.4) is 0 Å². The van der Waals surface area contributed by atoms with Crippen molar-refractivity contribution in [2.45, 2.75) is 0 Å². The van der Waals surface area contributed by atoms with Gasteiger partial charge in [0.25, 0.3) is 0 Å². The van der Waals surface area contributed by atoms with Crippen molar-refractivity contribution >= 4 is 26.9 Å². The number of para-hydroxylation sites is 1. The topological polar surface area (TPSA) is 71.8 Å². The minimum Gasteiger partial charge on any atom is -0.422 e. The number of benzene rings is 2. The van der Waals surface area contributed by atoms with Crippen molar-refractivity contribution in [1.29, 1.82) is 0 Å². The third-order valence-electron chi connectivity index (χ3n) is 3.48. The zero-order valence-electron chi connectivity index (χ0n) is 11.8. The maximum absolute atomic E-state index is 12.2. The highest BCUT2D eigenvalue weighted by Crippen LogP contribution is 2.22. The second-order valence-electron chi connectivity index (χ2n) is 5.00. The van der Waals surface area contributed by atoms with Crippen LogP contribution in [-0.4, -0.2) is 15.2 Å². The first-order valence-corrected chi connectivity index (χ1v) is 7.71. The van der Waals surface area contributed by atoms with Crippen molar-refractivity contribution in [3.8, 4) is 22.8 Å². The van der Waals surface area contributed by atoms with Crippen LogP contribution in [0.4, 0.5) is 0 Å². The van der Waals surface area contributed by atoms with Crippen molar-refractivity contribution in [3.63, 3.8) is 0 Å². The van der Waals surface area contributed by atoms with E-state index in [1.165, 1.54) is 0 Å². The summed E-state index contributed by atoms with van der Waals surface area (Å²) in [6.45, 7) is 0. The molecule has 112 valence electrons. The van der Waals surface area contributed by atoms with E-state index in [-0.39, 0.29) is 0 Å². The number of fused-ring (bicyclic) bond motifs is 1. The molecule has 6 heteroatoms. The molecule has 0 radical (unpaired) electrons. The minimum absolute atomic E-state index is 0.361. The van der Waals surface area contributed by atoms with Crippen molar-refractivity contribution in [3.05, 3.63) is 69.5 Å². The van der Waals surface area contributed by atoms with E-state index < -0.39 is 5.63 Å². The van der Waals surface area contributed by atoms with E-state index in [2.05, 4.69) is 31.1 Å². The maximum Gasteiger partial charge on any atom is 0.347 e. The Labute approximate surface area is 139 Å². The van der Waals surface area contributed by atoms with Gasteiger partial charge in [-0.3, -0.25) is 5.10 Å². The van der Waals surface area contributed by atoms with Gasteiger partial charge in [0.1, 0.15) is 11.1 Å². The molecule has 0 amide bonds. The summed E-state index contributed by atoms with van der Waals surface area (Å²) < 4.78 is 6.31. The zero-order chi connectivity index (χ0) is 15.8. The van der Waals surface area contributed by atoms with E-state index in [4.69, 9.17) is 4.42 Å². The molecule has 0 bridgehead atoms. The molecule has 23 heavy (non-hydrogen) atoms. The lowest BCUT2D eigenvalue weighted by molar-refractivity contribution is 0.563. The van der Waals surface area contributed by atoms with E-state index in [0.29, 0.717) is 22.8 Å². The molecular formula is C17H10BrN3O2. The van der Waals surface area contributed by atoms with Crippen LogP contribution in [-0.2, 0) is 0 Å². The second kappa shape index (κ2) is 5.48. The van der Waals surface area contributed by atoms with Gasteiger partial charge in [-0.2, -0.15) is 5.10 Å². The van der Waals surface area contributed by atoms with Gasteiger partial charge < -0.3 is 4.42 Å². The van der Waals surface area contributed by atoms with Crippen molar-refractivity contribution < 1.29 is 4.42 Å². The van der Waals surface area contributed by atoms with Gasteiger partial charge in [0, 0.05) is 15.4 Å². The molecule has 0 spiro atoms. The number of aromatic nitrogens is 3. The average Bonchev–Trinajstić information content (AvgIpc) is 3.04. The highest BCUT2D eigenvalue weighted by molar-refractivity contribution is 9.10. The van der Waals surface area contributed by atoms with Gasteiger partial charge >= 0.3 is 5.63 Å². The monoisotopic (exact) mass is 367 g/mol. The fraction of sp³-hybridized carbons (Fsp3) is 0. The van der Waals surface area contributed by atoms with Crippen molar-refractivity contribution in [1.82, 2.24) is 15.2 Å². The zero-order valence-corrected chi connectivity index (χ0v) is 13.4. The number of aromatic amines is 1. The Hall–Kier alpha value is -2.73. The van der Waals surface area contributed by atoms with Crippen LogP contribution < -0.4 is 5.63 Å². The molecule has 0 saturated carbocycles. The Morgan fingerprint density at radius 2 is 1.83 bits per heavy atom. The van der Waals surface area contributed by atoms with Gasteiger partial charge in [0.05, 0.1) is 0 Å². The average molecular weight is 368 g/mol. The summed E-state index contributed by atoms with van der Waals surface area (Å²) >= 11 is 3.39. The summed E-state index contributed by atoms with van der Waals surface area (Å²) in [6, 6.07) is 16.7. The first-order valence-electron chi connectivity index (χ1n) is 6.92. The third-order valence-corrected chi connectivity index (χ3v) is 4.01. The lowest BCUT2D eigenvalue weighted by Gasteiger charge is -1.98. The van der Waals surface area contributed by atoms with Crippen LogP contribution in [0.15, 0.2) is 68.3 Å². The Morgan fingerprint density at radius 3 is 2.65 bits per heavy atom. The number of nitrogens with zero attached hydrogens (tertiary/aromatic N) is 2. The molecule has 0 unspecified atom stereocenters. The summed E-state index contributed by atoms with van der Waals surface area (Å²) in [6.07, 6.45) is 0. The number of hydrogen-bond donors (Lipinski definition) is 1. The van der Waals surface area contributed by atoms with Gasteiger partial charge in [0.2, 0.25) is 0 Å². The van der Waals surface area contributed by atoms with E-state index in [1.54, 1.807) is 12.1 Å². The molecule has 0 aliphatic rings. The fourth-order valence-electron chi connectivity index (χ4n) is 2.34. The predicted octanol–water partition coefficient (Wildman–Crippen LogP) is 4.01. The summed E-state index contributed by atoms with van der Waals surface area (Å²) in [4.78, 5) is 16.6. The van der Waals surface area contributed by atoms with Gasteiger partial charge in [0.15, 0.2) is 11.6 Å². The first kappa shape index (κ1) is 13.9. The quantitative estimate of drug-likeness (QED) is 0.543. The van der Waals surface area contributed by atoms with Crippen molar-refractivity contribution in [2.75, 3.05) is 0 Å². The standard InChI is InChI=1S/C17H10BrN3O2/c18-12-7-5-10(6-8-12)15-19-16(21-20-15)13-9-11-3-1-2-4-14(11)23-17(13)22/h1-9H,(H,19,20,21). The summed E-state index contributed by atoms with van der Waals surface area (Å²) in [5.74, 6) is 0.919. The molecule has 1 N–H and O–H groups in total. The highest BCUT2D eigenvalue weighted by Gasteiger charge is 2.13. The molecule has 0 aliphatic carbocycles. The van der Waals surface area contributed by atoms with Gasteiger partial charge in [-0.1, -0.05) is 46.3 Å². The third kappa shape index (κ3) is 2.57. The summed E-state index contributed by atoms with van der Waals surface area (Å²) in [5, 5.41) is 7.83. The maximum atomic E-state index is 12.2. The SMILES string of the molecule is O=c1oc2ccccc2cc1-c1nc(-c2ccc(Br)cc2)n[nH]1. The predicted molar refractivity (Wildman–Crippen MR) is 91.0 cm³/mol. The Bertz CT molecular complexity index is 1050. The first-order chi connectivity index (χ1) is 11.2. The number of nitrogens with one attached hydrogen (secondary N) is 1. The number of halogens is 1.